The SMILES string of the molecule is OC1(C(F)(F)F)C2CCCCC2=NN1c1nc(-c2ccc(Cl)cc2)cs1. The van der Waals surface area contributed by atoms with Gasteiger partial charge in [-0.25, -0.2) is 4.98 Å². The molecule has 26 heavy (non-hydrogen) atoms. The molecule has 1 aromatic heterocycles. The van der Waals surface area contributed by atoms with Gasteiger partial charge in [-0.2, -0.15) is 23.3 Å². The van der Waals surface area contributed by atoms with E-state index in [1.54, 1.807) is 29.6 Å². The molecule has 2 heterocycles. The normalized spacial score (nSPS) is 26.0. The Labute approximate surface area is 156 Å². The summed E-state index contributed by atoms with van der Waals surface area (Å²) in [4.78, 5) is 4.29. The van der Waals surface area contributed by atoms with E-state index in [1.807, 2.05) is 0 Å². The van der Waals surface area contributed by atoms with Gasteiger partial charge in [0.1, 0.15) is 0 Å². The van der Waals surface area contributed by atoms with E-state index >= 15 is 0 Å². The molecule has 1 saturated carbocycles. The van der Waals surface area contributed by atoms with Gasteiger partial charge in [-0.15, -0.1) is 11.3 Å². The number of halogens is 4. The highest BCUT2D eigenvalue weighted by atomic mass is 35.5. The second-order valence-electron chi connectivity index (χ2n) is 6.45. The van der Waals surface area contributed by atoms with E-state index in [9.17, 15) is 18.3 Å². The molecule has 0 saturated heterocycles. The molecule has 2 unspecified atom stereocenters. The lowest BCUT2D eigenvalue weighted by Gasteiger charge is -2.38. The maximum absolute atomic E-state index is 13.8. The topological polar surface area (TPSA) is 48.7 Å². The Morgan fingerprint density at radius 2 is 1.96 bits per heavy atom. The first-order valence-electron chi connectivity index (χ1n) is 8.19. The highest BCUT2D eigenvalue weighted by Gasteiger charge is 2.67. The van der Waals surface area contributed by atoms with Crippen molar-refractivity contribution >= 4 is 33.8 Å². The van der Waals surface area contributed by atoms with Crippen molar-refractivity contribution in [3.8, 4) is 11.3 Å². The fraction of sp³-hybridized carbons (Fsp3) is 0.412. The van der Waals surface area contributed by atoms with Gasteiger partial charge in [-0.1, -0.05) is 30.2 Å². The van der Waals surface area contributed by atoms with Crippen LogP contribution in [0.4, 0.5) is 18.3 Å². The maximum atomic E-state index is 13.8. The Balaban J connectivity index is 1.74. The number of fused-ring (bicyclic) bond motifs is 1. The molecule has 2 aliphatic rings. The standard InChI is InChI=1S/C17H15ClF3N3OS/c18-11-7-5-10(6-8-11)14-9-26-15(22-14)24-16(25,17(19,20)21)12-3-1-2-4-13(12)23-24/h5-9,12,25H,1-4H2. The molecule has 0 bridgehead atoms. The molecule has 1 aliphatic carbocycles. The lowest BCUT2D eigenvalue weighted by atomic mass is 9.80. The summed E-state index contributed by atoms with van der Waals surface area (Å²) in [6.45, 7) is 0. The monoisotopic (exact) mass is 401 g/mol. The average Bonchev–Trinajstić information content (AvgIpc) is 3.19. The summed E-state index contributed by atoms with van der Waals surface area (Å²) in [7, 11) is 0. The number of hydrogen-bond acceptors (Lipinski definition) is 5. The van der Waals surface area contributed by atoms with Crippen molar-refractivity contribution in [1.29, 1.82) is 0 Å². The Morgan fingerprint density at radius 3 is 2.65 bits per heavy atom. The second kappa shape index (κ2) is 6.21. The number of hydrogen-bond donors (Lipinski definition) is 1. The van der Waals surface area contributed by atoms with Crippen LogP contribution in [0.2, 0.25) is 5.02 Å². The lowest BCUT2D eigenvalue weighted by Crippen LogP contribution is -2.60. The van der Waals surface area contributed by atoms with Crippen LogP contribution < -0.4 is 5.01 Å². The lowest BCUT2D eigenvalue weighted by molar-refractivity contribution is -0.269. The third-order valence-corrected chi connectivity index (χ3v) is 5.91. The van der Waals surface area contributed by atoms with Crippen LogP contribution in [-0.2, 0) is 0 Å². The Bertz CT molecular complexity index is 852. The minimum absolute atomic E-state index is 0.0247. The fourth-order valence-electron chi connectivity index (χ4n) is 3.52. The van der Waals surface area contributed by atoms with E-state index in [0.29, 0.717) is 34.3 Å². The highest BCUT2D eigenvalue weighted by molar-refractivity contribution is 7.14. The quantitative estimate of drug-likeness (QED) is 0.763. The summed E-state index contributed by atoms with van der Waals surface area (Å²) >= 11 is 6.89. The van der Waals surface area contributed by atoms with Gasteiger partial charge in [0.05, 0.1) is 11.6 Å². The summed E-state index contributed by atoms with van der Waals surface area (Å²) in [5, 5.41) is 17.7. The molecule has 9 heteroatoms. The number of alkyl halides is 3. The molecule has 2 aromatic rings. The van der Waals surface area contributed by atoms with Gasteiger partial charge in [-0.05, 0) is 31.4 Å². The van der Waals surface area contributed by atoms with Gasteiger partial charge in [0.25, 0.3) is 5.72 Å². The first-order valence-corrected chi connectivity index (χ1v) is 9.44. The van der Waals surface area contributed by atoms with E-state index in [4.69, 9.17) is 11.6 Å². The van der Waals surface area contributed by atoms with E-state index in [2.05, 4.69) is 10.1 Å². The van der Waals surface area contributed by atoms with Crippen LogP contribution >= 0.6 is 22.9 Å². The van der Waals surface area contributed by atoms with Crippen LogP contribution in [0.1, 0.15) is 25.7 Å². The zero-order valence-corrected chi connectivity index (χ0v) is 15.1. The molecule has 4 nitrogen and oxygen atoms in total. The van der Waals surface area contributed by atoms with E-state index < -0.39 is 17.8 Å². The average molecular weight is 402 g/mol. The molecule has 138 valence electrons. The second-order valence-corrected chi connectivity index (χ2v) is 7.72. The highest BCUT2D eigenvalue weighted by Crippen LogP contribution is 2.50. The van der Waals surface area contributed by atoms with Crippen LogP contribution in [0.5, 0.6) is 0 Å². The summed E-state index contributed by atoms with van der Waals surface area (Å²) in [5.41, 5.74) is -1.39. The number of anilines is 1. The summed E-state index contributed by atoms with van der Waals surface area (Å²) < 4.78 is 41.5. The van der Waals surface area contributed by atoms with Crippen LogP contribution in [0, 0.1) is 5.92 Å². The molecule has 2 atom stereocenters. The first kappa shape index (κ1) is 17.8. The zero-order chi connectivity index (χ0) is 18.5. The van der Waals surface area contributed by atoms with Gasteiger partial charge in [0.15, 0.2) is 0 Å². The van der Waals surface area contributed by atoms with Gasteiger partial charge in [0.2, 0.25) is 5.13 Å². The predicted octanol–water partition coefficient (Wildman–Crippen LogP) is 5.08. The Morgan fingerprint density at radius 1 is 1.23 bits per heavy atom. The number of rotatable bonds is 2. The van der Waals surface area contributed by atoms with Crippen molar-refractivity contribution in [2.45, 2.75) is 37.6 Å². The van der Waals surface area contributed by atoms with Crippen LogP contribution in [0.3, 0.4) is 0 Å². The number of thiazole rings is 1. The number of hydrazone groups is 1. The van der Waals surface area contributed by atoms with Crippen molar-refractivity contribution < 1.29 is 18.3 Å². The van der Waals surface area contributed by atoms with Crippen LogP contribution in [0.15, 0.2) is 34.7 Å². The molecule has 1 aliphatic heterocycles. The Kier molecular flexibility index (Phi) is 4.24. The van der Waals surface area contributed by atoms with Gasteiger partial charge in [-0.3, -0.25) is 0 Å². The van der Waals surface area contributed by atoms with Crippen molar-refractivity contribution in [1.82, 2.24) is 4.98 Å². The van der Waals surface area contributed by atoms with Gasteiger partial charge >= 0.3 is 6.18 Å². The molecule has 0 spiro atoms. The zero-order valence-electron chi connectivity index (χ0n) is 13.5. The Hall–Kier alpha value is -1.64. The minimum atomic E-state index is -4.84. The summed E-state index contributed by atoms with van der Waals surface area (Å²) in [6, 6.07) is 6.86. The molecular formula is C17H15ClF3N3OS. The van der Waals surface area contributed by atoms with E-state index in [0.717, 1.165) is 23.3 Å². The number of benzene rings is 1. The predicted molar refractivity (Wildman–Crippen MR) is 95.4 cm³/mol. The van der Waals surface area contributed by atoms with Gasteiger partial charge in [0, 0.05) is 21.7 Å². The number of aliphatic hydroxyl groups is 1. The van der Waals surface area contributed by atoms with E-state index in [1.165, 1.54) is 0 Å². The molecule has 0 radical (unpaired) electrons. The third kappa shape index (κ3) is 2.71. The van der Waals surface area contributed by atoms with Crippen LogP contribution in [0.25, 0.3) is 11.3 Å². The van der Waals surface area contributed by atoms with Crippen molar-refractivity contribution in [2.75, 3.05) is 5.01 Å². The molecular weight excluding hydrogens is 387 g/mol. The smallest absolute Gasteiger partial charge is 0.362 e. The minimum Gasteiger partial charge on any atom is -0.362 e. The van der Waals surface area contributed by atoms with Gasteiger partial charge < -0.3 is 5.11 Å². The molecule has 1 fully saturated rings. The van der Waals surface area contributed by atoms with Crippen molar-refractivity contribution in [3.05, 3.63) is 34.7 Å². The maximum Gasteiger partial charge on any atom is 0.439 e. The fourth-order valence-corrected chi connectivity index (χ4v) is 4.48. The molecule has 1 N–H and O–H groups in total. The molecule has 4 rings (SSSR count). The molecule has 1 aromatic carbocycles. The largest absolute Gasteiger partial charge is 0.439 e. The summed E-state index contributed by atoms with van der Waals surface area (Å²) in [6.07, 6.45) is -2.68. The van der Waals surface area contributed by atoms with Crippen molar-refractivity contribution in [3.63, 3.8) is 0 Å². The number of nitrogens with zero attached hydrogens (tertiary/aromatic N) is 3. The van der Waals surface area contributed by atoms with Crippen LogP contribution in [-0.4, -0.2) is 27.7 Å². The van der Waals surface area contributed by atoms with E-state index in [-0.39, 0.29) is 11.6 Å². The third-order valence-electron chi connectivity index (χ3n) is 4.85. The summed E-state index contributed by atoms with van der Waals surface area (Å²) in [5.74, 6) is -1.04. The first-order chi connectivity index (χ1) is 12.3. The number of aromatic nitrogens is 1. The molecule has 0 amide bonds. The van der Waals surface area contributed by atoms with Crippen molar-refractivity contribution in [2.24, 2.45) is 11.0 Å².